The highest BCUT2D eigenvalue weighted by molar-refractivity contribution is 7.07. The molecule has 1 amide bonds. The van der Waals surface area contributed by atoms with Gasteiger partial charge in [-0.15, -0.1) is 11.3 Å². The molecule has 4 heteroatoms. The van der Waals surface area contributed by atoms with Crippen molar-refractivity contribution in [2.45, 2.75) is 26.3 Å². The molecular weight excluding hydrogens is 244 g/mol. The van der Waals surface area contributed by atoms with Gasteiger partial charge in [-0.1, -0.05) is 29.8 Å². The van der Waals surface area contributed by atoms with Crippen molar-refractivity contribution in [2.75, 3.05) is 0 Å². The molecule has 94 valence electrons. The molecule has 1 heterocycles. The van der Waals surface area contributed by atoms with E-state index in [9.17, 15) is 4.79 Å². The Hall–Kier alpha value is -1.68. The summed E-state index contributed by atoms with van der Waals surface area (Å²) >= 11 is 1.54. The highest BCUT2D eigenvalue weighted by Gasteiger charge is 2.03. The fourth-order valence-electron chi connectivity index (χ4n) is 1.61. The number of carbonyl (C=O) groups excluding carboxylic acids is 1. The average molecular weight is 260 g/mol. The van der Waals surface area contributed by atoms with E-state index in [-0.39, 0.29) is 5.91 Å². The second kappa shape index (κ2) is 6.31. The second-order valence-electron chi connectivity index (χ2n) is 4.24. The van der Waals surface area contributed by atoms with E-state index in [0.29, 0.717) is 13.0 Å². The zero-order chi connectivity index (χ0) is 12.8. The first-order valence-electron chi connectivity index (χ1n) is 5.93. The topological polar surface area (TPSA) is 42.0 Å². The van der Waals surface area contributed by atoms with Gasteiger partial charge in [-0.25, -0.2) is 4.98 Å². The van der Waals surface area contributed by atoms with Crippen molar-refractivity contribution in [2.24, 2.45) is 0 Å². The third-order valence-electron chi connectivity index (χ3n) is 2.71. The van der Waals surface area contributed by atoms with E-state index in [0.717, 1.165) is 12.1 Å². The Balaban J connectivity index is 1.73. The fourth-order valence-corrected chi connectivity index (χ4v) is 2.17. The Bertz CT molecular complexity index is 491. The summed E-state index contributed by atoms with van der Waals surface area (Å²) in [6.07, 6.45) is 1.30. The third kappa shape index (κ3) is 3.96. The van der Waals surface area contributed by atoms with Gasteiger partial charge < -0.3 is 5.32 Å². The fraction of sp³-hybridized carbons (Fsp3) is 0.286. The molecule has 0 aliphatic heterocycles. The monoisotopic (exact) mass is 260 g/mol. The maximum Gasteiger partial charge on any atom is 0.220 e. The first-order chi connectivity index (χ1) is 8.74. The van der Waals surface area contributed by atoms with Crippen LogP contribution in [0.5, 0.6) is 0 Å². The van der Waals surface area contributed by atoms with Crippen LogP contribution in [-0.4, -0.2) is 10.9 Å². The molecule has 1 aromatic heterocycles. The van der Waals surface area contributed by atoms with Crippen molar-refractivity contribution < 1.29 is 4.79 Å². The second-order valence-corrected chi connectivity index (χ2v) is 4.96. The number of nitrogens with one attached hydrogen (secondary N) is 1. The van der Waals surface area contributed by atoms with Gasteiger partial charge in [0.15, 0.2) is 0 Å². The van der Waals surface area contributed by atoms with Gasteiger partial charge in [-0.05, 0) is 18.9 Å². The molecule has 1 N–H and O–H groups in total. The Morgan fingerprint density at radius 1 is 1.33 bits per heavy atom. The molecule has 0 radical (unpaired) electrons. The van der Waals surface area contributed by atoms with Gasteiger partial charge in [0.05, 0.1) is 17.7 Å². The largest absolute Gasteiger partial charge is 0.350 e. The molecule has 1 aromatic carbocycles. The van der Waals surface area contributed by atoms with Gasteiger partial charge in [0.1, 0.15) is 0 Å². The summed E-state index contributed by atoms with van der Waals surface area (Å²) < 4.78 is 0. The molecule has 0 atom stereocenters. The molecule has 3 nitrogen and oxygen atoms in total. The van der Waals surface area contributed by atoms with Gasteiger partial charge in [0.2, 0.25) is 5.91 Å². The van der Waals surface area contributed by atoms with E-state index in [2.05, 4.69) is 41.5 Å². The summed E-state index contributed by atoms with van der Waals surface area (Å²) in [5.74, 6) is 0.0728. The molecule has 0 unspecified atom stereocenters. The van der Waals surface area contributed by atoms with E-state index in [1.54, 1.807) is 16.8 Å². The lowest BCUT2D eigenvalue weighted by Gasteiger charge is -2.04. The number of aromatic nitrogens is 1. The quantitative estimate of drug-likeness (QED) is 0.898. The smallest absolute Gasteiger partial charge is 0.220 e. The first kappa shape index (κ1) is 12.8. The summed E-state index contributed by atoms with van der Waals surface area (Å²) in [6, 6.07) is 8.29. The zero-order valence-corrected chi connectivity index (χ0v) is 11.2. The predicted octanol–water partition coefficient (Wildman–Crippen LogP) is 2.70. The highest BCUT2D eigenvalue weighted by Crippen LogP contribution is 2.06. The van der Waals surface area contributed by atoms with Gasteiger partial charge >= 0.3 is 0 Å². The minimum Gasteiger partial charge on any atom is -0.350 e. The molecule has 0 spiro atoms. The molecule has 0 saturated heterocycles. The summed E-state index contributed by atoms with van der Waals surface area (Å²) in [5, 5.41) is 4.82. The van der Waals surface area contributed by atoms with Crippen molar-refractivity contribution in [3.05, 3.63) is 52.0 Å². The summed E-state index contributed by atoms with van der Waals surface area (Å²) in [7, 11) is 0. The van der Waals surface area contributed by atoms with Crippen molar-refractivity contribution >= 4 is 17.2 Å². The zero-order valence-electron chi connectivity index (χ0n) is 10.3. The summed E-state index contributed by atoms with van der Waals surface area (Å²) in [6.45, 7) is 2.58. The Morgan fingerprint density at radius 3 is 2.78 bits per heavy atom. The lowest BCUT2D eigenvalue weighted by molar-refractivity contribution is -0.121. The summed E-state index contributed by atoms with van der Waals surface area (Å²) in [4.78, 5) is 15.8. The van der Waals surface area contributed by atoms with Crippen LogP contribution in [0.2, 0.25) is 0 Å². The molecule has 0 aliphatic rings. The van der Waals surface area contributed by atoms with Crippen molar-refractivity contribution in [3.63, 3.8) is 0 Å². The predicted molar refractivity (Wildman–Crippen MR) is 73.5 cm³/mol. The van der Waals surface area contributed by atoms with E-state index < -0.39 is 0 Å². The average Bonchev–Trinajstić information content (AvgIpc) is 2.89. The number of benzene rings is 1. The van der Waals surface area contributed by atoms with Crippen LogP contribution in [0, 0.1) is 6.92 Å². The minimum absolute atomic E-state index is 0.0728. The van der Waals surface area contributed by atoms with Crippen LogP contribution >= 0.6 is 11.3 Å². The Kier molecular flexibility index (Phi) is 4.47. The molecule has 2 rings (SSSR count). The van der Waals surface area contributed by atoms with Crippen LogP contribution < -0.4 is 5.32 Å². The van der Waals surface area contributed by atoms with Crippen molar-refractivity contribution in [3.8, 4) is 0 Å². The van der Waals surface area contributed by atoms with Gasteiger partial charge in [-0.3, -0.25) is 4.79 Å². The number of nitrogens with zero attached hydrogens (tertiary/aromatic N) is 1. The van der Waals surface area contributed by atoms with E-state index in [4.69, 9.17) is 0 Å². The van der Waals surface area contributed by atoms with Crippen LogP contribution in [-0.2, 0) is 17.8 Å². The highest BCUT2D eigenvalue weighted by atomic mass is 32.1. The number of aryl methyl sites for hydroxylation is 2. The Morgan fingerprint density at radius 2 is 2.11 bits per heavy atom. The number of amides is 1. The molecule has 0 aliphatic carbocycles. The summed E-state index contributed by atoms with van der Waals surface area (Å²) in [5.41, 5.74) is 5.13. The van der Waals surface area contributed by atoms with Gasteiger partial charge in [0, 0.05) is 11.8 Å². The van der Waals surface area contributed by atoms with E-state index >= 15 is 0 Å². The van der Waals surface area contributed by atoms with E-state index in [1.807, 2.05) is 5.38 Å². The number of hydrogen-bond donors (Lipinski definition) is 1. The van der Waals surface area contributed by atoms with Crippen LogP contribution in [0.1, 0.15) is 23.2 Å². The molecule has 0 saturated carbocycles. The Labute approximate surface area is 111 Å². The van der Waals surface area contributed by atoms with Crippen molar-refractivity contribution in [1.29, 1.82) is 0 Å². The van der Waals surface area contributed by atoms with E-state index in [1.165, 1.54) is 11.1 Å². The lowest BCUT2D eigenvalue weighted by atomic mass is 10.1. The van der Waals surface area contributed by atoms with Gasteiger partial charge in [0.25, 0.3) is 0 Å². The third-order valence-corrected chi connectivity index (χ3v) is 3.35. The molecule has 0 fully saturated rings. The SMILES string of the molecule is Cc1ccc(CCC(=O)NCc2cscn2)cc1. The van der Waals surface area contributed by atoms with Crippen LogP contribution in [0.4, 0.5) is 0 Å². The normalized spacial score (nSPS) is 10.3. The maximum atomic E-state index is 11.6. The number of rotatable bonds is 5. The number of carbonyl (C=O) groups is 1. The number of thiazole rings is 1. The maximum absolute atomic E-state index is 11.6. The molecular formula is C14H16N2OS. The van der Waals surface area contributed by atoms with Crippen LogP contribution in [0.25, 0.3) is 0 Å². The molecule has 0 bridgehead atoms. The van der Waals surface area contributed by atoms with Crippen LogP contribution in [0.3, 0.4) is 0 Å². The molecule has 2 aromatic rings. The van der Waals surface area contributed by atoms with Crippen LogP contribution in [0.15, 0.2) is 35.2 Å². The number of hydrogen-bond acceptors (Lipinski definition) is 3. The standard InChI is InChI=1S/C14H16N2OS/c1-11-2-4-12(5-3-11)6-7-14(17)15-8-13-9-18-10-16-13/h2-5,9-10H,6-8H2,1H3,(H,15,17). The first-order valence-corrected chi connectivity index (χ1v) is 6.87. The minimum atomic E-state index is 0.0728. The van der Waals surface area contributed by atoms with Crippen molar-refractivity contribution in [1.82, 2.24) is 10.3 Å². The molecule has 18 heavy (non-hydrogen) atoms. The lowest BCUT2D eigenvalue weighted by Crippen LogP contribution is -2.23. The van der Waals surface area contributed by atoms with Gasteiger partial charge in [-0.2, -0.15) is 0 Å².